The number of hydrogen-bond donors (Lipinski definition) is 1. The number of piperidine rings is 1. The highest BCUT2D eigenvalue weighted by Gasteiger charge is 2.17. The monoisotopic (exact) mass is 285 g/mol. The summed E-state index contributed by atoms with van der Waals surface area (Å²) in [7, 11) is 0. The summed E-state index contributed by atoms with van der Waals surface area (Å²) >= 11 is 0. The van der Waals surface area contributed by atoms with Gasteiger partial charge in [-0.3, -0.25) is 4.79 Å². The second kappa shape index (κ2) is 7.80. The molecule has 0 bridgehead atoms. The van der Waals surface area contributed by atoms with Crippen LogP contribution >= 0.6 is 0 Å². The highest BCUT2D eigenvalue weighted by Crippen LogP contribution is 2.16. The van der Waals surface area contributed by atoms with Gasteiger partial charge in [0, 0.05) is 24.7 Å². The zero-order valence-corrected chi connectivity index (χ0v) is 12.6. The Bertz CT molecular complexity index is 504. The normalized spacial score (nSPS) is 19.0. The third-order valence-electron chi connectivity index (χ3n) is 4.12. The van der Waals surface area contributed by atoms with Gasteiger partial charge in [-0.15, -0.1) is 0 Å². The molecule has 2 rings (SSSR count). The van der Waals surface area contributed by atoms with E-state index in [0.717, 1.165) is 13.0 Å². The quantitative estimate of drug-likeness (QED) is 0.846. The van der Waals surface area contributed by atoms with Gasteiger partial charge in [-0.2, -0.15) is 5.26 Å². The average Bonchev–Trinajstić information content (AvgIpc) is 2.53. The summed E-state index contributed by atoms with van der Waals surface area (Å²) < 4.78 is 0. The Morgan fingerprint density at radius 1 is 1.38 bits per heavy atom. The van der Waals surface area contributed by atoms with Crippen molar-refractivity contribution in [1.29, 1.82) is 5.26 Å². The minimum atomic E-state index is -0.0637. The molecule has 0 aromatic heterocycles. The molecule has 0 spiro atoms. The molecular weight excluding hydrogens is 262 g/mol. The molecule has 1 amide bonds. The molecule has 1 aliphatic rings. The topological polar surface area (TPSA) is 56.1 Å². The molecule has 0 aliphatic carbocycles. The van der Waals surface area contributed by atoms with Crippen LogP contribution in [0.5, 0.6) is 0 Å². The third kappa shape index (κ3) is 4.57. The maximum absolute atomic E-state index is 12.0. The van der Waals surface area contributed by atoms with Crippen LogP contribution in [0.3, 0.4) is 0 Å². The predicted octanol–water partition coefficient (Wildman–Crippen LogP) is 2.55. The Kier molecular flexibility index (Phi) is 5.77. The Labute approximate surface area is 126 Å². The minimum absolute atomic E-state index is 0.0637. The minimum Gasteiger partial charge on any atom is -0.352 e. The zero-order chi connectivity index (χ0) is 15.1. The van der Waals surface area contributed by atoms with Crippen LogP contribution in [-0.2, 0) is 0 Å². The standard InChI is InChI=1S/C17H23N3O/c1-14-5-2-3-11-20(14)12-4-10-19-17(21)16-8-6-15(13-18)7-9-16/h6-9,14H,2-5,10-12H2,1H3,(H,19,21)/t14-/m1/s1. The number of rotatable bonds is 5. The lowest BCUT2D eigenvalue weighted by Crippen LogP contribution is -2.39. The number of amides is 1. The highest BCUT2D eigenvalue weighted by molar-refractivity contribution is 5.94. The van der Waals surface area contributed by atoms with Gasteiger partial charge in [-0.25, -0.2) is 0 Å². The van der Waals surface area contributed by atoms with Crippen molar-refractivity contribution in [2.45, 2.75) is 38.6 Å². The van der Waals surface area contributed by atoms with Crippen molar-refractivity contribution in [2.24, 2.45) is 0 Å². The Morgan fingerprint density at radius 2 is 2.14 bits per heavy atom. The fourth-order valence-corrected chi connectivity index (χ4v) is 2.77. The van der Waals surface area contributed by atoms with Gasteiger partial charge in [-0.1, -0.05) is 6.42 Å². The molecule has 1 heterocycles. The first-order valence-corrected chi connectivity index (χ1v) is 7.73. The predicted molar refractivity (Wildman–Crippen MR) is 83.0 cm³/mol. The summed E-state index contributed by atoms with van der Waals surface area (Å²) in [4.78, 5) is 14.5. The second-order valence-electron chi connectivity index (χ2n) is 5.68. The maximum Gasteiger partial charge on any atom is 0.251 e. The molecule has 4 heteroatoms. The molecule has 1 aromatic rings. The summed E-state index contributed by atoms with van der Waals surface area (Å²) in [6.07, 6.45) is 4.90. The summed E-state index contributed by atoms with van der Waals surface area (Å²) in [5.41, 5.74) is 1.19. The molecule has 1 aliphatic heterocycles. The van der Waals surface area contributed by atoms with Crippen molar-refractivity contribution in [1.82, 2.24) is 10.2 Å². The first-order chi connectivity index (χ1) is 10.2. The first-order valence-electron chi connectivity index (χ1n) is 7.73. The number of nitrogens with one attached hydrogen (secondary N) is 1. The van der Waals surface area contributed by atoms with E-state index in [-0.39, 0.29) is 5.91 Å². The summed E-state index contributed by atoms with van der Waals surface area (Å²) in [6.45, 7) is 5.22. The summed E-state index contributed by atoms with van der Waals surface area (Å²) in [5.74, 6) is -0.0637. The maximum atomic E-state index is 12.0. The lowest BCUT2D eigenvalue weighted by atomic mass is 10.0. The number of nitriles is 1. The van der Waals surface area contributed by atoms with Crippen LogP contribution < -0.4 is 5.32 Å². The molecule has 0 unspecified atom stereocenters. The molecule has 21 heavy (non-hydrogen) atoms. The van der Waals surface area contributed by atoms with Crippen LogP contribution in [0.15, 0.2) is 24.3 Å². The molecule has 0 radical (unpaired) electrons. The first kappa shape index (κ1) is 15.5. The summed E-state index contributed by atoms with van der Waals surface area (Å²) in [5, 5.41) is 11.7. The second-order valence-corrected chi connectivity index (χ2v) is 5.68. The number of benzene rings is 1. The van der Waals surface area contributed by atoms with Gasteiger partial charge < -0.3 is 10.2 Å². The molecule has 1 aromatic carbocycles. The fraction of sp³-hybridized carbons (Fsp3) is 0.529. The smallest absolute Gasteiger partial charge is 0.251 e. The van der Waals surface area contributed by atoms with E-state index in [4.69, 9.17) is 5.26 Å². The van der Waals surface area contributed by atoms with E-state index in [1.807, 2.05) is 6.07 Å². The zero-order valence-electron chi connectivity index (χ0n) is 12.6. The van der Waals surface area contributed by atoms with Crippen LogP contribution in [0.2, 0.25) is 0 Å². The third-order valence-corrected chi connectivity index (χ3v) is 4.12. The van der Waals surface area contributed by atoms with Gasteiger partial charge in [0.2, 0.25) is 0 Å². The molecule has 0 saturated carbocycles. The molecule has 1 saturated heterocycles. The highest BCUT2D eigenvalue weighted by atomic mass is 16.1. The Hall–Kier alpha value is -1.86. The van der Waals surface area contributed by atoms with Crippen LogP contribution in [0.25, 0.3) is 0 Å². The van der Waals surface area contributed by atoms with Gasteiger partial charge in [0.25, 0.3) is 5.91 Å². The van der Waals surface area contributed by atoms with Gasteiger partial charge >= 0.3 is 0 Å². The van der Waals surface area contributed by atoms with Crippen LogP contribution in [0.4, 0.5) is 0 Å². The van der Waals surface area contributed by atoms with E-state index < -0.39 is 0 Å². The van der Waals surface area contributed by atoms with Gasteiger partial charge in [0.15, 0.2) is 0 Å². The largest absolute Gasteiger partial charge is 0.352 e. The molecule has 112 valence electrons. The van der Waals surface area contributed by atoms with Crippen molar-refractivity contribution >= 4 is 5.91 Å². The Morgan fingerprint density at radius 3 is 2.81 bits per heavy atom. The van der Waals surface area contributed by atoms with E-state index in [1.165, 1.54) is 25.8 Å². The van der Waals surface area contributed by atoms with Crippen molar-refractivity contribution in [3.05, 3.63) is 35.4 Å². The molecule has 1 N–H and O–H groups in total. The van der Waals surface area contributed by atoms with E-state index in [0.29, 0.717) is 23.7 Å². The molecule has 4 nitrogen and oxygen atoms in total. The summed E-state index contributed by atoms with van der Waals surface area (Å²) in [6, 6.07) is 9.45. The lowest BCUT2D eigenvalue weighted by molar-refractivity contribution is 0.0949. The number of carbonyl (C=O) groups excluding carboxylic acids is 1. The van der Waals surface area contributed by atoms with Crippen LogP contribution in [0, 0.1) is 11.3 Å². The van der Waals surface area contributed by atoms with Gasteiger partial charge in [0.05, 0.1) is 11.6 Å². The molecular formula is C17H23N3O. The van der Waals surface area contributed by atoms with Crippen molar-refractivity contribution in [3.8, 4) is 6.07 Å². The van der Waals surface area contributed by atoms with Crippen molar-refractivity contribution in [3.63, 3.8) is 0 Å². The molecule has 1 fully saturated rings. The number of hydrogen-bond acceptors (Lipinski definition) is 3. The number of likely N-dealkylation sites (tertiary alicyclic amines) is 1. The van der Waals surface area contributed by atoms with E-state index >= 15 is 0 Å². The SMILES string of the molecule is C[C@@H]1CCCCN1CCCNC(=O)c1ccc(C#N)cc1. The van der Waals surface area contributed by atoms with E-state index in [9.17, 15) is 4.79 Å². The number of carbonyl (C=O) groups is 1. The van der Waals surface area contributed by atoms with E-state index in [1.54, 1.807) is 24.3 Å². The van der Waals surface area contributed by atoms with Crippen LogP contribution in [-0.4, -0.2) is 36.5 Å². The number of nitrogens with zero attached hydrogens (tertiary/aromatic N) is 2. The average molecular weight is 285 g/mol. The van der Waals surface area contributed by atoms with Crippen molar-refractivity contribution in [2.75, 3.05) is 19.6 Å². The van der Waals surface area contributed by atoms with Gasteiger partial charge in [0.1, 0.15) is 0 Å². The van der Waals surface area contributed by atoms with Gasteiger partial charge in [-0.05, 0) is 57.0 Å². The molecule has 1 atom stereocenters. The van der Waals surface area contributed by atoms with Crippen LogP contribution in [0.1, 0.15) is 48.5 Å². The Balaban J connectivity index is 1.70. The lowest BCUT2D eigenvalue weighted by Gasteiger charge is -2.33. The van der Waals surface area contributed by atoms with Crippen molar-refractivity contribution < 1.29 is 4.79 Å². The van der Waals surface area contributed by atoms with E-state index in [2.05, 4.69) is 17.1 Å². The fourth-order valence-electron chi connectivity index (χ4n) is 2.77.